The van der Waals surface area contributed by atoms with Crippen molar-refractivity contribution in [3.63, 3.8) is 0 Å². The van der Waals surface area contributed by atoms with Crippen molar-refractivity contribution in [2.24, 2.45) is 0 Å². The molecule has 0 atom stereocenters. The molecule has 7 nitrogen and oxygen atoms in total. The van der Waals surface area contributed by atoms with Gasteiger partial charge in [-0.15, -0.1) is 11.8 Å². The van der Waals surface area contributed by atoms with Gasteiger partial charge in [0.1, 0.15) is 5.82 Å². The molecule has 0 aliphatic rings. The van der Waals surface area contributed by atoms with Crippen LogP contribution in [0.1, 0.15) is 12.2 Å². The third-order valence-corrected chi connectivity index (χ3v) is 5.08. The Balaban J connectivity index is 1.66. The average Bonchev–Trinajstić information content (AvgIpc) is 2.58. The van der Waals surface area contributed by atoms with Gasteiger partial charge in [0, 0.05) is 24.5 Å². The van der Waals surface area contributed by atoms with Gasteiger partial charge in [0.2, 0.25) is 5.91 Å². The van der Waals surface area contributed by atoms with Gasteiger partial charge in [-0.2, -0.15) is 11.8 Å². The molecule has 0 fully saturated rings. The van der Waals surface area contributed by atoms with Crippen LogP contribution in [0.5, 0.6) is 0 Å². The van der Waals surface area contributed by atoms with Crippen LogP contribution in [-0.2, 0) is 15.3 Å². The number of amides is 1. The molecule has 2 aromatic rings. The number of aliphatic carboxylic acids is 1. The number of aromatic nitrogens is 2. The maximum atomic E-state index is 11.9. The first-order valence-electron chi connectivity index (χ1n) is 7.68. The lowest BCUT2D eigenvalue weighted by Gasteiger charge is -2.05. The SMILES string of the molecule is O=C(O)CSCCNC(=O)CCSCc1nc2ccccc2c(=O)[nH]1. The number of carboxylic acid groups (broad SMARTS) is 1. The molecule has 134 valence electrons. The van der Waals surface area contributed by atoms with Crippen molar-refractivity contribution in [1.82, 2.24) is 15.3 Å². The zero-order chi connectivity index (χ0) is 18.1. The number of fused-ring (bicyclic) bond motifs is 1. The molecule has 2 rings (SSSR count). The van der Waals surface area contributed by atoms with Crippen LogP contribution in [0.3, 0.4) is 0 Å². The van der Waals surface area contributed by atoms with Gasteiger partial charge in [0.15, 0.2) is 0 Å². The van der Waals surface area contributed by atoms with Gasteiger partial charge < -0.3 is 15.4 Å². The van der Waals surface area contributed by atoms with E-state index in [1.807, 2.05) is 6.07 Å². The average molecular weight is 381 g/mol. The molecule has 0 unspecified atom stereocenters. The standard InChI is InChI=1S/C16H19N3O4S2/c20-14(17-6-8-25-10-15(21)22)5-7-24-9-13-18-12-4-2-1-3-11(12)16(23)19-13/h1-4H,5-10H2,(H,17,20)(H,21,22)(H,18,19,23). The number of rotatable bonds is 10. The number of aromatic amines is 1. The summed E-state index contributed by atoms with van der Waals surface area (Å²) in [4.78, 5) is 41.1. The van der Waals surface area contributed by atoms with Crippen LogP contribution in [0.15, 0.2) is 29.1 Å². The molecule has 0 saturated carbocycles. The van der Waals surface area contributed by atoms with Crippen LogP contribution in [-0.4, -0.2) is 50.8 Å². The number of carbonyl (C=O) groups is 2. The molecular formula is C16H19N3O4S2. The molecule has 0 aliphatic heterocycles. The largest absolute Gasteiger partial charge is 0.481 e. The molecular weight excluding hydrogens is 362 g/mol. The van der Waals surface area contributed by atoms with Gasteiger partial charge >= 0.3 is 5.97 Å². The van der Waals surface area contributed by atoms with Crippen LogP contribution in [0.25, 0.3) is 10.9 Å². The predicted molar refractivity (Wildman–Crippen MR) is 101 cm³/mol. The monoisotopic (exact) mass is 381 g/mol. The minimum absolute atomic E-state index is 0.0443. The van der Waals surface area contributed by atoms with Crippen LogP contribution in [0, 0.1) is 0 Å². The lowest BCUT2D eigenvalue weighted by Crippen LogP contribution is -2.26. The van der Waals surface area contributed by atoms with Crippen molar-refractivity contribution in [2.45, 2.75) is 12.2 Å². The summed E-state index contributed by atoms with van der Waals surface area (Å²) >= 11 is 2.79. The van der Waals surface area contributed by atoms with Crippen molar-refractivity contribution >= 4 is 46.3 Å². The maximum absolute atomic E-state index is 11.9. The molecule has 0 saturated heterocycles. The van der Waals surface area contributed by atoms with Crippen molar-refractivity contribution < 1.29 is 14.7 Å². The molecule has 1 aromatic heterocycles. The van der Waals surface area contributed by atoms with E-state index in [2.05, 4.69) is 15.3 Å². The Kier molecular flexibility index (Phi) is 7.80. The van der Waals surface area contributed by atoms with Crippen LogP contribution < -0.4 is 10.9 Å². The maximum Gasteiger partial charge on any atom is 0.313 e. The third kappa shape index (κ3) is 6.79. The Labute approximate surface area is 153 Å². The highest BCUT2D eigenvalue weighted by atomic mass is 32.2. The Morgan fingerprint density at radius 2 is 2.00 bits per heavy atom. The first-order chi connectivity index (χ1) is 12.1. The fourth-order valence-corrected chi connectivity index (χ4v) is 3.42. The number of hydrogen-bond acceptors (Lipinski definition) is 6. The van der Waals surface area contributed by atoms with E-state index in [0.29, 0.717) is 47.0 Å². The zero-order valence-electron chi connectivity index (χ0n) is 13.5. The molecule has 3 N–H and O–H groups in total. The number of carbonyl (C=O) groups excluding carboxylic acids is 1. The highest BCUT2D eigenvalue weighted by Crippen LogP contribution is 2.12. The van der Waals surface area contributed by atoms with E-state index in [0.717, 1.165) is 0 Å². The van der Waals surface area contributed by atoms with Crippen LogP contribution >= 0.6 is 23.5 Å². The van der Waals surface area contributed by atoms with Crippen molar-refractivity contribution in [1.29, 1.82) is 0 Å². The second-order valence-electron chi connectivity index (χ2n) is 5.13. The van der Waals surface area contributed by atoms with E-state index < -0.39 is 5.97 Å². The van der Waals surface area contributed by atoms with E-state index in [1.165, 1.54) is 23.5 Å². The van der Waals surface area contributed by atoms with Crippen molar-refractivity contribution in [3.8, 4) is 0 Å². The van der Waals surface area contributed by atoms with Gasteiger partial charge in [-0.05, 0) is 12.1 Å². The second-order valence-corrected chi connectivity index (χ2v) is 7.34. The minimum atomic E-state index is -0.854. The van der Waals surface area contributed by atoms with Gasteiger partial charge in [-0.3, -0.25) is 14.4 Å². The summed E-state index contributed by atoms with van der Waals surface area (Å²) in [5.41, 5.74) is 0.510. The molecule has 0 radical (unpaired) electrons. The summed E-state index contributed by atoms with van der Waals surface area (Å²) in [6.07, 6.45) is 0.367. The molecule has 1 heterocycles. The fraction of sp³-hybridized carbons (Fsp3) is 0.375. The first kappa shape index (κ1) is 19.3. The number of nitrogens with one attached hydrogen (secondary N) is 2. The second kappa shape index (κ2) is 10.1. The molecule has 0 aliphatic carbocycles. The first-order valence-corrected chi connectivity index (χ1v) is 9.99. The molecule has 0 spiro atoms. The lowest BCUT2D eigenvalue weighted by molar-refractivity contribution is -0.133. The summed E-state index contributed by atoms with van der Waals surface area (Å²) in [7, 11) is 0. The summed E-state index contributed by atoms with van der Waals surface area (Å²) in [5.74, 6) is 1.44. The molecule has 9 heteroatoms. The van der Waals surface area contributed by atoms with E-state index in [4.69, 9.17) is 5.11 Å². The van der Waals surface area contributed by atoms with Crippen molar-refractivity contribution in [3.05, 3.63) is 40.4 Å². The topological polar surface area (TPSA) is 112 Å². The molecule has 1 aromatic carbocycles. The number of carboxylic acids is 1. The van der Waals surface area contributed by atoms with E-state index >= 15 is 0 Å². The quantitative estimate of drug-likeness (QED) is 0.534. The number of para-hydroxylation sites is 1. The highest BCUT2D eigenvalue weighted by molar-refractivity contribution is 7.99. The minimum Gasteiger partial charge on any atom is -0.481 e. The van der Waals surface area contributed by atoms with Crippen LogP contribution in [0.2, 0.25) is 0 Å². The Morgan fingerprint density at radius 3 is 2.80 bits per heavy atom. The number of benzene rings is 1. The van der Waals surface area contributed by atoms with E-state index in [-0.39, 0.29) is 17.2 Å². The van der Waals surface area contributed by atoms with Gasteiger partial charge in [0.25, 0.3) is 5.56 Å². The molecule has 0 bridgehead atoms. The van der Waals surface area contributed by atoms with E-state index in [9.17, 15) is 14.4 Å². The lowest BCUT2D eigenvalue weighted by atomic mass is 10.2. The summed E-state index contributed by atoms with van der Waals surface area (Å²) in [6.45, 7) is 0.459. The summed E-state index contributed by atoms with van der Waals surface area (Å²) < 4.78 is 0. The summed E-state index contributed by atoms with van der Waals surface area (Å²) in [6, 6.07) is 7.17. The van der Waals surface area contributed by atoms with E-state index in [1.54, 1.807) is 18.2 Å². The van der Waals surface area contributed by atoms with Crippen LogP contribution in [0.4, 0.5) is 0 Å². The predicted octanol–water partition coefficient (Wildman–Crippen LogP) is 1.48. The van der Waals surface area contributed by atoms with Crippen molar-refractivity contribution in [2.75, 3.05) is 23.8 Å². The number of thioether (sulfide) groups is 2. The molecule has 1 amide bonds. The highest BCUT2D eigenvalue weighted by Gasteiger charge is 2.05. The summed E-state index contributed by atoms with van der Waals surface area (Å²) in [5, 5.41) is 11.8. The zero-order valence-corrected chi connectivity index (χ0v) is 15.1. The number of hydrogen-bond donors (Lipinski definition) is 3. The van der Waals surface area contributed by atoms with Gasteiger partial charge in [-0.25, -0.2) is 4.98 Å². The fourth-order valence-electron chi connectivity index (χ4n) is 2.05. The molecule has 25 heavy (non-hydrogen) atoms. The number of nitrogens with zero attached hydrogens (tertiary/aromatic N) is 1. The normalized spacial score (nSPS) is 10.7. The Morgan fingerprint density at radius 1 is 1.20 bits per heavy atom. The Bertz CT molecular complexity index is 794. The Hall–Kier alpha value is -2.00. The van der Waals surface area contributed by atoms with Gasteiger partial charge in [-0.1, -0.05) is 12.1 Å². The number of H-pyrrole nitrogens is 1. The smallest absolute Gasteiger partial charge is 0.313 e. The van der Waals surface area contributed by atoms with Gasteiger partial charge in [0.05, 0.1) is 22.4 Å². The third-order valence-electron chi connectivity index (χ3n) is 3.17.